The van der Waals surface area contributed by atoms with Gasteiger partial charge in [-0.05, 0) is 73.8 Å². The van der Waals surface area contributed by atoms with Gasteiger partial charge in [-0.3, -0.25) is 5.43 Å². The number of fused-ring (bicyclic) bond motifs is 1. The van der Waals surface area contributed by atoms with Gasteiger partial charge in [0.2, 0.25) is 10.0 Å². The van der Waals surface area contributed by atoms with Crippen molar-refractivity contribution in [3.63, 3.8) is 0 Å². The van der Waals surface area contributed by atoms with E-state index in [2.05, 4.69) is 53.3 Å². The molecular formula is C27H37N5O2S2. The molecule has 3 rings (SSSR count). The molecular weight excluding hydrogens is 490 g/mol. The number of nitrogens with zero attached hydrogens (tertiary/aromatic N) is 3. The molecule has 0 saturated carbocycles. The molecule has 36 heavy (non-hydrogen) atoms. The Morgan fingerprint density at radius 2 is 1.75 bits per heavy atom. The minimum atomic E-state index is -3.58. The SMILES string of the molecule is CCCN(CCC)S(=O)(=O)c1ccc2c(c1)c(/C=N/NC(=S)Nc1ccc(C(C)C)cc1)cn2CC. The first kappa shape index (κ1) is 27.8. The Morgan fingerprint density at radius 3 is 2.33 bits per heavy atom. The Labute approximate surface area is 220 Å². The molecule has 0 amide bonds. The molecule has 194 valence electrons. The lowest BCUT2D eigenvalue weighted by Gasteiger charge is -2.21. The third kappa shape index (κ3) is 6.52. The van der Waals surface area contributed by atoms with Gasteiger partial charge in [0.25, 0.3) is 0 Å². The lowest BCUT2D eigenvalue weighted by atomic mass is 10.0. The molecule has 2 aromatic carbocycles. The fourth-order valence-electron chi connectivity index (χ4n) is 4.10. The van der Waals surface area contributed by atoms with E-state index in [-0.39, 0.29) is 0 Å². The van der Waals surface area contributed by atoms with Gasteiger partial charge in [-0.15, -0.1) is 0 Å². The van der Waals surface area contributed by atoms with Crippen LogP contribution >= 0.6 is 12.2 Å². The average molecular weight is 528 g/mol. The summed E-state index contributed by atoms with van der Waals surface area (Å²) < 4.78 is 30.3. The maximum atomic E-state index is 13.3. The zero-order chi connectivity index (χ0) is 26.3. The van der Waals surface area contributed by atoms with Gasteiger partial charge in [0.15, 0.2) is 5.11 Å². The molecule has 0 saturated heterocycles. The molecule has 0 bridgehead atoms. The van der Waals surface area contributed by atoms with Crippen LogP contribution in [0.15, 0.2) is 58.7 Å². The topological polar surface area (TPSA) is 78.7 Å². The van der Waals surface area contributed by atoms with Gasteiger partial charge in [0.1, 0.15) is 0 Å². The standard InChI is InChI=1S/C27H37N5O2S2/c1-6-15-32(16-7-2)36(33,34)24-13-14-26-25(17-24)22(19-31(26)8-3)18-28-30-27(35)29-23-11-9-21(10-12-23)20(4)5/h9-14,17-20H,6-8,15-16H2,1-5H3,(H2,29,30,35)/b28-18+. The average Bonchev–Trinajstić information content (AvgIpc) is 3.21. The molecule has 3 aromatic rings. The van der Waals surface area contributed by atoms with Crippen molar-refractivity contribution in [2.75, 3.05) is 18.4 Å². The van der Waals surface area contributed by atoms with E-state index in [1.807, 2.05) is 38.2 Å². The molecule has 2 N–H and O–H groups in total. The van der Waals surface area contributed by atoms with Crippen LogP contribution in [0.25, 0.3) is 10.9 Å². The van der Waals surface area contributed by atoms with Crippen molar-refractivity contribution in [3.05, 3.63) is 59.8 Å². The number of rotatable bonds is 11. The summed E-state index contributed by atoms with van der Waals surface area (Å²) in [6.45, 7) is 12.1. The van der Waals surface area contributed by atoms with Crippen LogP contribution in [0, 0.1) is 0 Å². The Morgan fingerprint density at radius 1 is 1.08 bits per heavy atom. The Kier molecular flexibility index (Phi) is 9.64. The fourth-order valence-corrected chi connectivity index (χ4v) is 5.92. The largest absolute Gasteiger partial charge is 0.347 e. The van der Waals surface area contributed by atoms with Gasteiger partial charge >= 0.3 is 0 Å². The van der Waals surface area contributed by atoms with E-state index < -0.39 is 10.0 Å². The van der Waals surface area contributed by atoms with Gasteiger partial charge in [0.05, 0.1) is 11.1 Å². The Hall–Kier alpha value is -2.75. The van der Waals surface area contributed by atoms with Crippen LogP contribution in [0.4, 0.5) is 5.69 Å². The van der Waals surface area contributed by atoms with Crippen molar-refractivity contribution in [2.24, 2.45) is 5.10 Å². The van der Waals surface area contributed by atoms with Crippen LogP contribution in [0.1, 0.15) is 64.5 Å². The van der Waals surface area contributed by atoms with E-state index in [0.717, 1.165) is 41.5 Å². The van der Waals surface area contributed by atoms with Gasteiger partial charge in [-0.2, -0.15) is 9.41 Å². The molecule has 1 heterocycles. The predicted octanol–water partition coefficient (Wildman–Crippen LogP) is 5.92. The highest BCUT2D eigenvalue weighted by Crippen LogP contribution is 2.26. The van der Waals surface area contributed by atoms with Crippen molar-refractivity contribution < 1.29 is 8.42 Å². The number of thiocarbonyl (C=S) groups is 1. The van der Waals surface area contributed by atoms with Crippen molar-refractivity contribution in [3.8, 4) is 0 Å². The fraction of sp³-hybridized carbons (Fsp3) is 0.407. The van der Waals surface area contributed by atoms with Crippen LogP contribution in [0.5, 0.6) is 0 Å². The normalized spacial score (nSPS) is 12.2. The molecule has 0 unspecified atom stereocenters. The van der Waals surface area contributed by atoms with E-state index >= 15 is 0 Å². The van der Waals surface area contributed by atoms with Crippen molar-refractivity contribution in [1.82, 2.24) is 14.3 Å². The molecule has 0 aliphatic carbocycles. The number of hydrazone groups is 1. The van der Waals surface area contributed by atoms with E-state index in [1.165, 1.54) is 5.56 Å². The van der Waals surface area contributed by atoms with Crippen LogP contribution in [-0.4, -0.2) is 41.7 Å². The minimum Gasteiger partial charge on any atom is -0.347 e. The summed E-state index contributed by atoms with van der Waals surface area (Å²) in [5, 5.41) is 8.65. The molecule has 0 radical (unpaired) electrons. The third-order valence-electron chi connectivity index (χ3n) is 6.01. The smallest absolute Gasteiger partial charge is 0.243 e. The molecule has 0 aliphatic rings. The first-order chi connectivity index (χ1) is 17.2. The highest BCUT2D eigenvalue weighted by molar-refractivity contribution is 7.89. The van der Waals surface area contributed by atoms with Crippen molar-refractivity contribution >= 4 is 50.2 Å². The van der Waals surface area contributed by atoms with E-state index in [4.69, 9.17) is 12.2 Å². The Balaban J connectivity index is 1.81. The highest BCUT2D eigenvalue weighted by atomic mass is 32.2. The summed E-state index contributed by atoms with van der Waals surface area (Å²) in [5.41, 5.74) is 6.78. The maximum absolute atomic E-state index is 13.3. The summed E-state index contributed by atoms with van der Waals surface area (Å²) in [6.07, 6.45) is 5.19. The third-order valence-corrected chi connectivity index (χ3v) is 8.10. The zero-order valence-corrected chi connectivity index (χ0v) is 23.4. The summed E-state index contributed by atoms with van der Waals surface area (Å²) in [5.74, 6) is 0.468. The van der Waals surface area contributed by atoms with Crippen LogP contribution in [0.3, 0.4) is 0 Å². The zero-order valence-electron chi connectivity index (χ0n) is 21.8. The van der Waals surface area contributed by atoms with Crippen molar-refractivity contribution in [2.45, 2.75) is 64.8 Å². The number of benzene rings is 2. The summed E-state index contributed by atoms with van der Waals surface area (Å²) in [7, 11) is -3.58. The van der Waals surface area contributed by atoms with Crippen LogP contribution in [0.2, 0.25) is 0 Å². The number of aromatic nitrogens is 1. The van der Waals surface area contributed by atoms with E-state index in [9.17, 15) is 8.42 Å². The maximum Gasteiger partial charge on any atom is 0.243 e. The van der Waals surface area contributed by atoms with Gasteiger partial charge in [-0.25, -0.2) is 8.42 Å². The first-order valence-corrected chi connectivity index (χ1v) is 14.4. The van der Waals surface area contributed by atoms with Crippen LogP contribution in [-0.2, 0) is 16.6 Å². The quantitative estimate of drug-likeness (QED) is 0.184. The van der Waals surface area contributed by atoms with E-state index in [0.29, 0.717) is 29.0 Å². The Bertz CT molecular complexity index is 1310. The van der Waals surface area contributed by atoms with Gasteiger partial charge in [-0.1, -0.05) is 39.8 Å². The summed E-state index contributed by atoms with van der Waals surface area (Å²) in [4.78, 5) is 0.301. The highest BCUT2D eigenvalue weighted by Gasteiger charge is 2.24. The molecule has 9 heteroatoms. The second-order valence-electron chi connectivity index (χ2n) is 9.05. The summed E-state index contributed by atoms with van der Waals surface area (Å²) >= 11 is 5.38. The van der Waals surface area contributed by atoms with Crippen molar-refractivity contribution in [1.29, 1.82) is 0 Å². The lowest BCUT2D eigenvalue weighted by molar-refractivity contribution is 0.410. The van der Waals surface area contributed by atoms with Crippen LogP contribution < -0.4 is 10.7 Å². The molecule has 1 aromatic heterocycles. The number of aryl methyl sites for hydroxylation is 1. The first-order valence-electron chi connectivity index (χ1n) is 12.5. The molecule has 0 atom stereocenters. The summed E-state index contributed by atoms with van der Waals surface area (Å²) in [6, 6.07) is 13.5. The molecule has 0 aliphatic heterocycles. The molecule has 7 nitrogen and oxygen atoms in total. The monoisotopic (exact) mass is 527 g/mol. The van der Waals surface area contributed by atoms with Gasteiger partial charge < -0.3 is 9.88 Å². The second-order valence-corrected chi connectivity index (χ2v) is 11.4. The molecule has 0 fully saturated rings. The lowest BCUT2D eigenvalue weighted by Crippen LogP contribution is -2.32. The van der Waals surface area contributed by atoms with E-state index in [1.54, 1.807) is 22.7 Å². The number of hydrogen-bond acceptors (Lipinski definition) is 4. The minimum absolute atomic E-state index is 0.301. The predicted molar refractivity (Wildman–Crippen MR) is 154 cm³/mol. The van der Waals surface area contributed by atoms with Gasteiger partial charge in [0, 0.05) is 48.0 Å². The number of anilines is 1. The number of sulfonamides is 1. The second kappa shape index (κ2) is 12.5. The number of hydrogen-bond donors (Lipinski definition) is 2. The number of nitrogens with one attached hydrogen (secondary N) is 2. The molecule has 0 spiro atoms.